The summed E-state index contributed by atoms with van der Waals surface area (Å²) < 4.78 is 23.4. The molecule has 0 saturated carbocycles. The van der Waals surface area contributed by atoms with E-state index in [1.54, 1.807) is 12.1 Å². The van der Waals surface area contributed by atoms with Crippen molar-refractivity contribution in [3.63, 3.8) is 0 Å². The molecule has 0 spiro atoms. The molecule has 5 heteroatoms. The summed E-state index contributed by atoms with van der Waals surface area (Å²) >= 11 is 0. The standard InChI is InChI=1S/C26H28O5/c1-16-11-17(2)26(14-29-25(27)19-7-5-4-6-8-19)13-28-24(23(16)18(26)3)20-9-10-21-22(12-20)31-15-30-21/h4-12,17-18,23-24H,13-15H2,1-3H3/t17-,18-,23+,24+,26+/m1/s1. The van der Waals surface area contributed by atoms with E-state index in [9.17, 15) is 4.79 Å². The molecule has 162 valence electrons. The summed E-state index contributed by atoms with van der Waals surface area (Å²) in [7, 11) is 0. The minimum absolute atomic E-state index is 0.0637. The zero-order valence-electron chi connectivity index (χ0n) is 18.2. The summed E-state index contributed by atoms with van der Waals surface area (Å²) in [6.45, 7) is 7.81. The Balaban J connectivity index is 1.40. The van der Waals surface area contributed by atoms with Gasteiger partial charge in [-0.25, -0.2) is 4.79 Å². The Bertz CT molecular complexity index is 1010. The predicted molar refractivity (Wildman–Crippen MR) is 116 cm³/mol. The van der Waals surface area contributed by atoms with E-state index < -0.39 is 0 Å². The minimum Gasteiger partial charge on any atom is -0.461 e. The molecule has 3 aliphatic rings. The van der Waals surface area contributed by atoms with Gasteiger partial charge in [-0.1, -0.05) is 49.8 Å². The van der Waals surface area contributed by atoms with Crippen molar-refractivity contribution < 1.29 is 23.7 Å². The second-order valence-electron chi connectivity index (χ2n) is 9.03. The van der Waals surface area contributed by atoms with Crippen molar-refractivity contribution in [1.82, 2.24) is 0 Å². The summed E-state index contributed by atoms with van der Waals surface area (Å²) in [6.07, 6.45) is 2.27. The molecule has 2 aliphatic heterocycles. The van der Waals surface area contributed by atoms with E-state index in [1.807, 2.05) is 30.3 Å². The Morgan fingerprint density at radius 3 is 2.68 bits per heavy atom. The fourth-order valence-corrected chi connectivity index (χ4v) is 5.51. The molecule has 0 N–H and O–H groups in total. The Hall–Kier alpha value is -2.79. The van der Waals surface area contributed by atoms with Crippen molar-refractivity contribution in [3.8, 4) is 11.5 Å². The van der Waals surface area contributed by atoms with Gasteiger partial charge in [0, 0.05) is 11.3 Å². The number of rotatable bonds is 4. The van der Waals surface area contributed by atoms with E-state index in [4.69, 9.17) is 18.9 Å². The van der Waals surface area contributed by atoms with Gasteiger partial charge in [-0.3, -0.25) is 0 Å². The van der Waals surface area contributed by atoms with Crippen LogP contribution in [0.25, 0.3) is 0 Å². The number of hydrogen-bond acceptors (Lipinski definition) is 5. The Kier molecular flexibility index (Phi) is 5.01. The lowest BCUT2D eigenvalue weighted by Gasteiger charge is -2.55. The van der Waals surface area contributed by atoms with Crippen LogP contribution in [0.2, 0.25) is 0 Å². The molecule has 0 aromatic heterocycles. The molecular formula is C26H28O5. The number of fused-ring (bicyclic) bond motifs is 3. The summed E-state index contributed by atoms with van der Waals surface area (Å²) in [5.74, 6) is 2.02. The average Bonchev–Trinajstić information content (AvgIpc) is 3.25. The van der Waals surface area contributed by atoms with Crippen LogP contribution in [0.1, 0.15) is 42.8 Å². The van der Waals surface area contributed by atoms with Gasteiger partial charge in [-0.2, -0.15) is 0 Å². The number of benzene rings is 2. The van der Waals surface area contributed by atoms with Gasteiger partial charge in [-0.05, 0) is 48.6 Å². The van der Waals surface area contributed by atoms with Crippen LogP contribution >= 0.6 is 0 Å². The van der Waals surface area contributed by atoms with E-state index in [2.05, 4.69) is 32.9 Å². The third-order valence-electron chi connectivity index (χ3n) is 7.46. The molecule has 1 saturated heterocycles. The maximum atomic E-state index is 12.6. The van der Waals surface area contributed by atoms with E-state index in [0.29, 0.717) is 24.7 Å². The van der Waals surface area contributed by atoms with Gasteiger partial charge in [0.2, 0.25) is 6.79 Å². The normalized spacial score (nSPS) is 31.1. The zero-order chi connectivity index (χ0) is 21.6. The zero-order valence-corrected chi connectivity index (χ0v) is 18.2. The molecule has 1 aliphatic carbocycles. The first-order chi connectivity index (χ1) is 15.0. The van der Waals surface area contributed by atoms with Crippen LogP contribution in [0.15, 0.2) is 60.2 Å². The maximum Gasteiger partial charge on any atom is 0.338 e. The van der Waals surface area contributed by atoms with Crippen LogP contribution in [0.3, 0.4) is 0 Å². The molecule has 2 heterocycles. The van der Waals surface area contributed by atoms with E-state index >= 15 is 0 Å². The highest BCUT2D eigenvalue weighted by atomic mass is 16.7. The lowest BCUT2D eigenvalue weighted by atomic mass is 9.56. The van der Waals surface area contributed by atoms with Gasteiger partial charge < -0.3 is 18.9 Å². The smallest absolute Gasteiger partial charge is 0.338 e. The van der Waals surface area contributed by atoms with Crippen molar-refractivity contribution >= 4 is 5.97 Å². The second-order valence-corrected chi connectivity index (χ2v) is 9.03. The molecule has 2 aromatic rings. The van der Waals surface area contributed by atoms with E-state index in [1.165, 1.54) is 5.57 Å². The van der Waals surface area contributed by atoms with Crippen LogP contribution in [0.4, 0.5) is 0 Å². The van der Waals surface area contributed by atoms with Crippen LogP contribution in [-0.4, -0.2) is 26.0 Å². The number of carbonyl (C=O) groups excluding carboxylic acids is 1. The molecule has 2 bridgehead atoms. The van der Waals surface area contributed by atoms with Crippen molar-refractivity contribution in [2.24, 2.45) is 23.2 Å². The largest absolute Gasteiger partial charge is 0.461 e. The van der Waals surface area contributed by atoms with Crippen molar-refractivity contribution in [2.45, 2.75) is 26.9 Å². The molecule has 5 atom stereocenters. The van der Waals surface area contributed by atoms with Gasteiger partial charge in [0.1, 0.15) is 6.61 Å². The predicted octanol–water partition coefficient (Wildman–Crippen LogP) is 5.18. The van der Waals surface area contributed by atoms with Crippen molar-refractivity contribution in [3.05, 3.63) is 71.3 Å². The van der Waals surface area contributed by atoms with Gasteiger partial charge in [0.05, 0.1) is 18.3 Å². The number of ether oxygens (including phenoxy) is 4. The summed E-state index contributed by atoms with van der Waals surface area (Å²) in [5, 5.41) is 0. The molecular weight excluding hydrogens is 392 g/mol. The molecule has 31 heavy (non-hydrogen) atoms. The molecule has 5 rings (SSSR count). The molecule has 0 radical (unpaired) electrons. The first kappa shape index (κ1) is 20.1. The third kappa shape index (κ3) is 3.32. The Morgan fingerprint density at radius 2 is 1.87 bits per heavy atom. The molecule has 1 fully saturated rings. The first-order valence-corrected chi connectivity index (χ1v) is 10.9. The van der Waals surface area contributed by atoms with Crippen LogP contribution in [0, 0.1) is 23.2 Å². The monoisotopic (exact) mass is 420 g/mol. The SMILES string of the molecule is CC1=C[C@@H](C)[C@@]2(COC(=O)c3ccccc3)CO[C@@H](c3ccc4c(c3)OCO4)[C@@H]1[C@H]2C. The van der Waals surface area contributed by atoms with E-state index in [0.717, 1.165) is 17.1 Å². The lowest BCUT2D eigenvalue weighted by Crippen LogP contribution is -2.54. The number of hydrogen-bond donors (Lipinski definition) is 0. The molecule has 0 unspecified atom stereocenters. The van der Waals surface area contributed by atoms with Crippen LogP contribution in [-0.2, 0) is 9.47 Å². The second kappa shape index (κ2) is 7.72. The number of allylic oxidation sites excluding steroid dienone is 1. The third-order valence-corrected chi connectivity index (χ3v) is 7.46. The summed E-state index contributed by atoms with van der Waals surface area (Å²) in [4.78, 5) is 12.6. The van der Waals surface area contributed by atoms with Gasteiger partial charge >= 0.3 is 5.97 Å². The number of esters is 1. The van der Waals surface area contributed by atoms with Gasteiger partial charge in [-0.15, -0.1) is 0 Å². The molecule has 5 nitrogen and oxygen atoms in total. The lowest BCUT2D eigenvalue weighted by molar-refractivity contribution is -0.166. The fourth-order valence-electron chi connectivity index (χ4n) is 5.51. The minimum atomic E-state index is -0.282. The highest BCUT2D eigenvalue weighted by Crippen LogP contribution is 2.56. The highest BCUT2D eigenvalue weighted by molar-refractivity contribution is 5.89. The van der Waals surface area contributed by atoms with Gasteiger partial charge in [0.25, 0.3) is 0 Å². The highest BCUT2D eigenvalue weighted by Gasteiger charge is 2.54. The Labute approximate surface area is 183 Å². The van der Waals surface area contributed by atoms with Gasteiger partial charge in [0.15, 0.2) is 11.5 Å². The van der Waals surface area contributed by atoms with Crippen LogP contribution < -0.4 is 9.47 Å². The van der Waals surface area contributed by atoms with Crippen LogP contribution in [0.5, 0.6) is 11.5 Å². The Morgan fingerprint density at radius 1 is 1.10 bits per heavy atom. The quantitative estimate of drug-likeness (QED) is 0.504. The van der Waals surface area contributed by atoms with Crippen molar-refractivity contribution in [2.75, 3.05) is 20.0 Å². The summed E-state index contributed by atoms with van der Waals surface area (Å²) in [6, 6.07) is 15.2. The summed E-state index contributed by atoms with van der Waals surface area (Å²) in [5.41, 5.74) is 2.75. The molecule has 2 aromatic carbocycles. The molecule has 0 amide bonds. The van der Waals surface area contributed by atoms with E-state index in [-0.39, 0.29) is 36.1 Å². The topological polar surface area (TPSA) is 54.0 Å². The first-order valence-electron chi connectivity index (χ1n) is 10.9. The maximum absolute atomic E-state index is 12.6. The number of carbonyl (C=O) groups is 1. The van der Waals surface area contributed by atoms with Crippen molar-refractivity contribution in [1.29, 1.82) is 0 Å². The average molecular weight is 421 g/mol. The fraction of sp³-hybridized carbons (Fsp3) is 0.423.